The van der Waals surface area contributed by atoms with Crippen LogP contribution in [0.1, 0.15) is 19.5 Å². The molecular weight excluding hydrogens is 362 g/mol. The third-order valence-corrected chi connectivity index (χ3v) is 7.29. The van der Waals surface area contributed by atoms with Gasteiger partial charge in [0.05, 0.1) is 28.8 Å². The number of aromatic nitrogens is 1. The van der Waals surface area contributed by atoms with Gasteiger partial charge in [0.15, 0.2) is 9.84 Å². The molecule has 2 saturated heterocycles. The maximum Gasteiger partial charge on any atom is 0.225 e. The Morgan fingerprint density at radius 3 is 2.63 bits per heavy atom. The number of pyridine rings is 1. The van der Waals surface area contributed by atoms with Gasteiger partial charge in [-0.1, -0.05) is 38.1 Å². The molecule has 144 valence electrons. The van der Waals surface area contributed by atoms with Crippen molar-refractivity contribution in [3.05, 3.63) is 42.1 Å². The highest BCUT2D eigenvalue weighted by atomic mass is 32.2. The largest absolute Gasteiger partial charge is 0.336 e. The van der Waals surface area contributed by atoms with Crippen molar-refractivity contribution in [3.63, 3.8) is 0 Å². The first kappa shape index (κ1) is 18.4. The van der Waals surface area contributed by atoms with Crippen molar-refractivity contribution in [2.75, 3.05) is 24.6 Å². The highest BCUT2D eigenvalue weighted by Crippen LogP contribution is 2.29. The van der Waals surface area contributed by atoms with Crippen molar-refractivity contribution < 1.29 is 13.2 Å². The van der Waals surface area contributed by atoms with Crippen LogP contribution in [-0.4, -0.2) is 65.8 Å². The number of para-hydroxylation sites is 1. The van der Waals surface area contributed by atoms with Crippen LogP contribution < -0.4 is 0 Å². The molecule has 0 unspecified atom stereocenters. The molecule has 27 heavy (non-hydrogen) atoms. The Morgan fingerprint density at radius 2 is 1.85 bits per heavy atom. The Bertz CT molecular complexity index is 973. The van der Waals surface area contributed by atoms with Gasteiger partial charge in [-0.05, 0) is 12.1 Å². The van der Waals surface area contributed by atoms with Crippen molar-refractivity contribution in [2.24, 2.45) is 5.92 Å². The van der Waals surface area contributed by atoms with Crippen LogP contribution in [0.5, 0.6) is 0 Å². The molecule has 2 fully saturated rings. The van der Waals surface area contributed by atoms with Crippen LogP contribution >= 0.6 is 0 Å². The fourth-order valence-electron chi connectivity index (χ4n) is 4.23. The number of nitrogens with zero attached hydrogens (tertiary/aromatic N) is 3. The zero-order valence-corrected chi connectivity index (χ0v) is 16.5. The lowest BCUT2D eigenvalue weighted by molar-refractivity contribution is -0.140. The highest BCUT2D eigenvalue weighted by molar-refractivity contribution is 7.91. The molecule has 3 heterocycles. The molecule has 4 rings (SSSR count). The number of carbonyl (C=O) groups excluding carboxylic acids is 1. The number of fused-ring (bicyclic) bond motifs is 2. The molecule has 2 aliphatic heterocycles. The Labute approximate surface area is 160 Å². The smallest absolute Gasteiger partial charge is 0.225 e. The quantitative estimate of drug-likeness (QED) is 0.802. The zero-order valence-electron chi connectivity index (χ0n) is 15.7. The van der Waals surface area contributed by atoms with Gasteiger partial charge < -0.3 is 4.90 Å². The fourth-order valence-corrected chi connectivity index (χ4v) is 6.24. The van der Waals surface area contributed by atoms with E-state index in [1.807, 2.05) is 44.2 Å². The zero-order chi connectivity index (χ0) is 19.2. The van der Waals surface area contributed by atoms with Crippen LogP contribution in [0.4, 0.5) is 0 Å². The van der Waals surface area contributed by atoms with Crippen LogP contribution in [0, 0.1) is 5.92 Å². The van der Waals surface area contributed by atoms with E-state index in [4.69, 9.17) is 4.98 Å². The minimum Gasteiger partial charge on any atom is -0.336 e. The minimum atomic E-state index is -3.14. The summed E-state index contributed by atoms with van der Waals surface area (Å²) in [5.41, 5.74) is 1.87. The Morgan fingerprint density at radius 1 is 1.11 bits per heavy atom. The molecule has 2 aliphatic rings. The van der Waals surface area contributed by atoms with Gasteiger partial charge in [-0.2, -0.15) is 0 Å². The van der Waals surface area contributed by atoms with Crippen molar-refractivity contribution in [1.29, 1.82) is 0 Å². The van der Waals surface area contributed by atoms with Gasteiger partial charge in [-0.15, -0.1) is 0 Å². The van der Waals surface area contributed by atoms with Crippen LogP contribution in [0.25, 0.3) is 10.9 Å². The summed E-state index contributed by atoms with van der Waals surface area (Å²) in [6.07, 6.45) is 0. The normalized spacial score (nSPS) is 25.1. The number of rotatable bonds is 3. The lowest BCUT2D eigenvalue weighted by Gasteiger charge is -2.44. The van der Waals surface area contributed by atoms with Crippen LogP contribution in [0.15, 0.2) is 36.4 Å². The van der Waals surface area contributed by atoms with E-state index < -0.39 is 9.84 Å². The van der Waals surface area contributed by atoms with Gasteiger partial charge in [0.25, 0.3) is 0 Å². The average Bonchev–Trinajstić information content (AvgIpc) is 2.96. The average molecular weight is 388 g/mol. The minimum absolute atomic E-state index is 0.0468. The van der Waals surface area contributed by atoms with Crippen LogP contribution in [0.3, 0.4) is 0 Å². The van der Waals surface area contributed by atoms with Gasteiger partial charge in [0.2, 0.25) is 5.91 Å². The first-order valence-corrected chi connectivity index (χ1v) is 11.3. The summed E-state index contributed by atoms with van der Waals surface area (Å²) in [6.45, 7) is 5.58. The molecule has 0 saturated carbocycles. The number of benzene rings is 1. The molecule has 2 aromatic rings. The van der Waals surface area contributed by atoms with Gasteiger partial charge >= 0.3 is 0 Å². The lowest BCUT2D eigenvalue weighted by atomic mass is 10.0. The van der Waals surface area contributed by atoms with E-state index in [9.17, 15) is 13.2 Å². The summed E-state index contributed by atoms with van der Waals surface area (Å²) in [6, 6.07) is 11.6. The summed E-state index contributed by atoms with van der Waals surface area (Å²) in [4.78, 5) is 21.3. The summed E-state index contributed by atoms with van der Waals surface area (Å²) in [5.74, 6) is 0.110. The molecule has 1 amide bonds. The molecule has 7 heteroatoms. The molecule has 1 aromatic heterocycles. The fraction of sp³-hybridized carbons (Fsp3) is 0.500. The predicted molar refractivity (Wildman–Crippen MR) is 105 cm³/mol. The van der Waals surface area contributed by atoms with Crippen molar-refractivity contribution >= 4 is 26.6 Å². The molecule has 0 radical (unpaired) electrons. The molecule has 0 bridgehead atoms. The summed E-state index contributed by atoms with van der Waals surface area (Å²) in [7, 11) is -3.14. The highest BCUT2D eigenvalue weighted by Gasteiger charge is 2.48. The maximum absolute atomic E-state index is 12.6. The molecule has 0 N–H and O–H groups in total. The topological polar surface area (TPSA) is 70.6 Å². The third-order valence-electron chi connectivity index (χ3n) is 5.59. The maximum atomic E-state index is 12.6. The second kappa shape index (κ2) is 6.87. The SMILES string of the molecule is CC(C)C(=O)N1CCN(Cc2ccc3ccccc3n2)[C@@H]2CS(=O)(=O)C[C@@H]21. The van der Waals surface area contributed by atoms with E-state index in [1.54, 1.807) is 4.90 Å². The molecule has 1 aromatic carbocycles. The number of hydrogen-bond donors (Lipinski definition) is 0. The number of sulfone groups is 1. The van der Waals surface area contributed by atoms with Gasteiger partial charge in [0.1, 0.15) is 0 Å². The lowest BCUT2D eigenvalue weighted by Crippen LogP contribution is -2.60. The monoisotopic (exact) mass is 387 g/mol. The number of amides is 1. The first-order chi connectivity index (χ1) is 12.8. The van der Waals surface area contributed by atoms with Crippen LogP contribution in [-0.2, 0) is 21.2 Å². The summed E-state index contributed by atoms with van der Waals surface area (Å²) < 4.78 is 24.7. The standard InChI is InChI=1S/C20H25N3O3S/c1-14(2)20(24)23-10-9-22(18-12-27(25,26)13-19(18)23)11-16-8-7-15-5-3-4-6-17(15)21-16/h3-8,14,18-19H,9-13H2,1-2H3/t18-,19+/m1/s1. The van der Waals surface area contributed by atoms with E-state index in [-0.39, 0.29) is 35.4 Å². The van der Waals surface area contributed by atoms with E-state index in [2.05, 4.69) is 11.0 Å². The summed E-state index contributed by atoms with van der Waals surface area (Å²) >= 11 is 0. The molecule has 6 nitrogen and oxygen atoms in total. The van der Waals surface area contributed by atoms with Crippen LogP contribution in [0.2, 0.25) is 0 Å². The molecular formula is C20H25N3O3S. The van der Waals surface area contributed by atoms with Gasteiger partial charge in [-0.25, -0.2) is 8.42 Å². The van der Waals surface area contributed by atoms with Crippen molar-refractivity contribution in [3.8, 4) is 0 Å². The second-order valence-corrected chi connectivity index (χ2v) is 10.0. The Kier molecular flexibility index (Phi) is 4.68. The Balaban J connectivity index is 1.59. The molecule has 0 aliphatic carbocycles. The first-order valence-electron chi connectivity index (χ1n) is 9.44. The predicted octanol–water partition coefficient (Wildman–Crippen LogP) is 1.70. The molecule has 2 atom stereocenters. The molecule has 0 spiro atoms. The van der Waals surface area contributed by atoms with E-state index in [1.165, 1.54) is 0 Å². The van der Waals surface area contributed by atoms with Gasteiger partial charge in [-0.3, -0.25) is 14.7 Å². The van der Waals surface area contributed by atoms with E-state index in [0.29, 0.717) is 19.6 Å². The number of piperazine rings is 1. The van der Waals surface area contributed by atoms with Crippen molar-refractivity contribution in [2.45, 2.75) is 32.5 Å². The van der Waals surface area contributed by atoms with E-state index in [0.717, 1.165) is 16.6 Å². The van der Waals surface area contributed by atoms with Crippen molar-refractivity contribution in [1.82, 2.24) is 14.8 Å². The Hall–Kier alpha value is -1.99. The number of hydrogen-bond acceptors (Lipinski definition) is 5. The van der Waals surface area contributed by atoms with Gasteiger partial charge in [0, 0.05) is 37.0 Å². The summed E-state index contributed by atoms with van der Waals surface area (Å²) in [5, 5.41) is 1.09. The number of carbonyl (C=O) groups is 1. The van der Waals surface area contributed by atoms with E-state index >= 15 is 0 Å². The second-order valence-electron chi connectivity index (χ2n) is 7.86. The third kappa shape index (κ3) is 3.58.